The van der Waals surface area contributed by atoms with E-state index in [9.17, 15) is 0 Å². The minimum Gasteiger partial charge on any atom is -0.135 e. The maximum absolute atomic E-state index is 4.20. The van der Waals surface area contributed by atoms with Crippen molar-refractivity contribution < 1.29 is 0 Å². The number of hydrogen-bond donors (Lipinski definition) is 0. The Hall–Kier alpha value is -2.75. The molecule has 1 heterocycles. The summed E-state index contributed by atoms with van der Waals surface area (Å²) in [6.45, 7) is 4.26. The standard InChI is InChI=1S/C18H16N4/c1-12-3-5-14(6-4-12)15-9-16-7-13(2)8-17(16)18(10-15)22-20-11-19-21-22/h3-6,8-11H,7H2,1-2H3. The summed E-state index contributed by atoms with van der Waals surface area (Å²) >= 11 is 0. The normalized spacial score (nSPS) is 13.1. The number of nitrogens with zero attached hydrogens (tertiary/aromatic N) is 4. The summed E-state index contributed by atoms with van der Waals surface area (Å²) in [7, 11) is 0. The summed E-state index contributed by atoms with van der Waals surface area (Å²) in [4.78, 5) is 1.60. The lowest BCUT2D eigenvalue weighted by Crippen LogP contribution is -2.03. The zero-order chi connectivity index (χ0) is 15.1. The van der Waals surface area contributed by atoms with E-state index in [2.05, 4.69) is 71.7 Å². The molecule has 3 aromatic rings. The number of rotatable bonds is 2. The second kappa shape index (κ2) is 4.91. The molecular formula is C18H16N4. The maximum atomic E-state index is 4.20. The minimum absolute atomic E-state index is 0.983. The van der Waals surface area contributed by atoms with Crippen LogP contribution < -0.4 is 0 Å². The average molecular weight is 288 g/mol. The van der Waals surface area contributed by atoms with Crippen LogP contribution in [0, 0.1) is 6.92 Å². The average Bonchev–Trinajstić information content (AvgIpc) is 3.15. The Kier molecular flexibility index (Phi) is 2.89. The molecule has 0 aliphatic heterocycles. The van der Waals surface area contributed by atoms with Crippen molar-refractivity contribution in [1.82, 2.24) is 20.2 Å². The molecule has 0 fully saturated rings. The van der Waals surface area contributed by atoms with Gasteiger partial charge in [-0.3, -0.25) is 0 Å². The summed E-state index contributed by atoms with van der Waals surface area (Å²) in [6, 6.07) is 13.0. The predicted octanol–water partition coefficient (Wildman–Crippen LogP) is 3.60. The molecule has 0 unspecified atom stereocenters. The number of benzene rings is 2. The summed E-state index contributed by atoms with van der Waals surface area (Å²) in [5.41, 5.74) is 8.53. The molecule has 0 bridgehead atoms. The van der Waals surface area contributed by atoms with E-state index in [4.69, 9.17) is 0 Å². The molecule has 0 N–H and O–H groups in total. The highest BCUT2D eigenvalue weighted by molar-refractivity contribution is 5.77. The van der Waals surface area contributed by atoms with Crippen molar-refractivity contribution in [2.24, 2.45) is 0 Å². The van der Waals surface area contributed by atoms with Crippen LogP contribution in [-0.4, -0.2) is 20.2 Å². The Balaban J connectivity index is 1.91. The highest BCUT2D eigenvalue weighted by Gasteiger charge is 2.18. The zero-order valence-corrected chi connectivity index (χ0v) is 12.6. The van der Waals surface area contributed by atoms with Gasteiger partial charge in [0.1, 0.15) is 0 Å². The van der Waals surface area contributed by atoms with Gasteiger partial charge in [0, 0.05) is 5.56 Å². The maximum Gasteiger partial charge on any atom is 0.162 e. The zero-order valence-electron chi connectivity index (χ0n) is 12.6. The van der Waals surface area contributed by atoms with E-state index in [0.717, 1.165) is 12.1 Å². The van der Waals surface area contributed by atoms with Crippen LogP contribution in [0.25, 0.3) is 22.9 Å². The van der Waals surface area contributed by atoms with Gasteiger partial charge in [-0.2, -0.15) is 0 Å². The van der Waals surface area contributed by atoms with Crippen molar-refractivity contribution in [3.63, 3.8) is 0 Å². The highest BCUT2D eigenvalue weighted by Crippen LogP contribution is 2.34. The molecule has 0 saturated carbocycles. The van der Waals surface area contributed by atoms with E-state index in [1.165, 1.54) is 39.7 Å². The van der Waals surface area contributed by atoms with Crippen LogP contribution >= 0.6 is 0 Å². The van der Waals surface area contributed by atoms with Gasteiger partial charge in [0.15, 0.2) is 6.33 Å². The fourth-order valence-electron chi connectivity index (χ4n) is 2.96. The minimum atomic E-state index is 0.983. The van der Waals surface area contributed by atoms with Crippen molar-refractivity contribution in [2.75, 3.05) is 0 Å². The van der Waals surface area contributed by atoms with E-state index in [0.29, 0.717) is 0 Å². The predicted molar refractivity (Wildman–Crippen MR) is 86.7 cm³/mol. The number of hydrogen-bond acceptors (Lipinski definition) is 3. The fraction of sp³-hybridized carbons (Fsp3) is 0.167. The molecule has 1 aromatic heterocycles. The van der Waals surface area contributed by atoms with Crippen molar-refractivity contribution in [1.29, 1.82) is 0 Å². The van der Waals surface area contributed by atoms with Gasteiger partial charge in [-0.1, -0.05) is 47.5 Å². The largest absolute Gasteiger partial charge is 0.162 e. The molecule has 0 saturated heterocycles. The Labute approximate surface area is 129 Å². The lowest BCUT2D eigenvalue weighted by Gasteiger charge is -2.11. The summed E-state index contributed by atoms with van der Waals surface area (Å²) in [5.74, 6) is 0. The molecule has 108 valence electrons. The van der Waals surface area contributed by atoms with Gasteiger partial charge in [-0.05, 0) is 48.2 Å². The van der Waals surface area contributed by atoms with Gasteiger partial charge in [0.25, 0.3) is 0 Å². The van der Waals surface area contributed by atoms with Crippen molar-refractivity contribution in [3.05, 3.63) is 65.0 Å². The van der Waals surface area contributed by atoms with Crippen LogP contribution in [0.2, 0.25) is 0 Å². The molecule has 1 aliphatic rings. The summed E-state index contributed by atoms with van der Waals surface area (Å²) in [5, 5.41) is 12.1. The van der Waals surface area contributed by atoms with Crippen LogP contribution in [0.1, 0.15) is 23.6 Å². The molecular weight excluding hydrogens is 272 g/mol. The lowest BCUT2D eigenvalue weighted by molar-refractivity contribution is 0.718. The Morgan fingerprint density at radius 2 is 1.82 bits per heavy atom. The topological polar surface area (TPSA) is 43.6 Å². The second-order valence-electron chi connectivity index (χ2n) is 5.83. The third-order valence-corrected chi connectivity index (χ3v) is 4.05. The van der Waals surface area contributed by atoms with E-state index in [1.807, 2.05) is 0 Å². The quantitative estimate of drug-likeness (QED) is 0.723. The van der Waals surface area contributed by atoms with Crippen LogP contribution in [0.4, 0.5) is 0 Å². The van der Waals surface area contributed by atoms with E-state index < -0.39 is 0 Å². The summed E-state index contributed by atoms with van der Waals surface area (Å²) in [6.07, 6.45) is 4.67. The van der Waals surface area contributed by atoms with Crippen LogP contribution in [0.15, 0.2) is 48.3 Å². The first-order valence-corrected chi connectivity index (χ1v) is 7.35. The van der Waals surface area contributed by atoms with E-state index in [1.54, 1.807) is 4.80 Å². The number of aromatic nitrogens is 4. The molecule has 4 rings (SSSR count). The Bertz CT molecular complexity index is 859. The van der Waals surface area contributed by atoms with E-state index in [-0.39, 0.29) is 0 Å². The second-order valence-corrected chi connectivity index (χ2v) is 5.83. The lowest BCUT2D eigenvalue weighted by atomic mass is 9.98. The number of fused-ring (bicyclic) bond motifs is 1. The molecule has 0 atom stereocenters. The summed E-state index contributed by atoms with van der Waals surface area (Å²) < 4.78 is 0. The van der Waals surface area contributed by atoms with Crippen molar-refractivity contribution in [2.45, 2.75) is 20.3 Å². The van der Waals surface area contributed by atoms with Gasteiger partial charge in [-0.15, -0.1) is 15.0 Å². The third kappa shape index (κ3) is 2.13. The fourth-order valence-corrected chi connectivity index (χ4v) is 2.96. The SMILES string of the molecule is CC1=Cc2c(cc(-c3ccc(C)cc3)cc2-n2ncnn2)C1. The first-order chi connectivity index (χ1) is 10.7. The van der Waals surface area contributed by atoms with Gasteiger partial charge in [-0.25, -0.2) is 0 Å². The monoisotopic (exact) mass is 288 g/mol. The Morgan fingerprint density at radius 1 is 1.00 bits per heavy atom. The molecule has 2 aromatic carbocycles. The van der Waals surface area contributed by atoms with Gasteiger partial charge < -0.3 is 0 Å². The number of aryl methyl sites for hydroxylation is 1. The van der Waals surface area contributed by atoms with E-state index >= 15 is 0 Å². The van der Waals surface area contributed by atoms with Crippen LogP contribution in [0.5, 0.6) is 0 Å². The van der Waals surface area contributed by atoms with Crippen molar-refractivity contribution in [3.8, 4) is 16.8 Å². The van der Waals surface area contributed by atoms with Gasteiger partial charge in [0.05, 0.1) is 5.69 Å². The molecule has 1 aliphatic carbocycles. The molecule has 22 heavy (non-hydrogen) atoms. The number of allylic oxidation sites excluding steroid dienone is 1. The van der Waals surface area contributed by atoms with Gasteiger partial charge >= 0.3 is 0 Å². The van der Waals surface area contributed by atoms with Gasteiger partial charge in [0.2, 0.25) is 0 Å². The molecule has 0 spiro atoms. The third-order valence-electron chi connectivity index (χ3n) is 4.05. The van der Waals surface area contributed by atoms with Crippen LogP contribution in [-0.2, 0) is 6.42 Å². The first kappa shape index (κ1) is 13.0. The highest BCUT2D eigenvalue weighted by atomic mass is 15.6. The van der Waals surface area contributed by atoms with Crippen LogP contribution in [0.3, 0.4) is 0 Å². The molecule has 0 amide bonds. The molecule has 0 radical (unpaired) electrons. The smallest absolute Gasteiger partial charge is 0.135 e. The molecule has 4 heteroatoms. The first-order valence-electron chi connectivity index (χ1n) is 7.35. The molecule has 4 nitrogen and oxygen atoms in total. The Morgan fingerprint density at radius 3 is 2.55 bits per heavy atom. The number of tetrazole rings is 1. The van der Waals surface area contributed by atoms with Crippen molar-refractivity contribution >= 4 is 6.08 Å².